The van der Waals surface area contributed by atoms with Crippen LogP contribution in [0.3, 0.4) is 0 Å². The Labute approximate surface area is 170 Å². The zero-order chi connectivity index (χ0) is 19.8. The fraction of sp³-hybridized carbons (Fsp3) is 0.158. The molecule has 2 amide bonds. The Bertz CT molecular complexity index is 867. The van der Waals surface area contributed by atoms with Gasteiger partial charge in [0.05, 0.1) is 24.9 Å². The predicted octanol–water partition coefficient (Wildman–Crippen LogP) is 2.79. The van der Waals surface area contributed by atoms with Gasteiger partial charge < -0.3 is 14.2 Å². The highest BCUT2D eigenvalue weighted by molar-refractivity contribution is 14.1. The second-order valence-corrected chi connectivity index (χ2v) is 6.40. The maximum atomic E-state index is 12.1. The van der Waals surface area contributed by atoms with Crippen LogP contribution in [0.15, 0.2) is 42.5 Å². The van der Waals surface area contributed by atoms with E-state index in [4.69, 9.17) is 14.2 Å². The molecule has 0 radical (unpaired) electrons. The second kappa shape index (κ2) is 9.81. The van der Waals surface area contributed by atoms with Gasteiger partial charge in [-0.25, -0.2) is 0 Å². The van der Waals surface area contributed by atoms with Crippen LogP contribution in [0.25, 0.3) is 6.08 Å². The fourth-order valence-corrected chi connectivity index (χ4v) is 2.90. The normalized spacial score (nSPS) is 10.4. The van der Waals surface area contributed by atoms with Crippen molar-refractivity contribution in [1.29, 1.82) is 0 Å². The summed E-state index contributed by atoms with van der Waals surface area (Å²) in [5, 5.41) is 0. The third kappa shape index (κ3) is 5.61. The second-order valence-electron chi connectivity index (χ2n) is 5.24. The van der Waals surface area contributed by atoms with Crippen molar-refractivity contribution in [1.82, 2.24) is 10.9 Å². The average molecular weight is 482 g/mol. The van der Waals surface area contributed by atoms with E-state index in [1.807, 2.05) is 0 Å². The van der Waals surface area contributed by atoms with Crippen LogP contribution in [0.5, 0.6) is 17.2 Å². The van der Waals surface area contributed by atoms with Crippen molar-refractivity contribution in [2.45, 2.75) is 0 Å². The zero-order valence-electron chi connectivity index (χ0n) is 15.0. The molecule has 0 spiro atoms. The number of benzene rings is 2. The lowest BCUT2D eigenvalue weighted by Crippen LogP contribution is -2.40. The molecule has 0 unspecified atom stereocenters. The monoisotopic (exact) mass is 482 g/mol. The summed E-state index contributed by atoms with van der Waals surface area (Å²) in [6, 6.07) is 10.2. The molecule has 0 fully saturated rings. The van der Waals surface area contributed by atoms with Crippen LogP contribution in [0, 0.1) is 3.57 Å². The molecule has 0 heterocycles. The van der Waals surface area contributed by atoms with Crippen molar-refractivity contribution in [2.24, 2.45) is 0 Å². The number of carbonyl (C=O) groups is 2. The number of rotatable bonds is 6. The van der Waals surface area contributed by atoms with Crippen LogP contribution in [0.1, 0.15) is 15.9 Å². The topological polar surface area (TPSA) is 85.9 Å². The van der Waals surface area contributed by atoms with Gasteiger partial charge in [-0.3, -0.25) is 20.4 Å². The first-order valence-electron chi connectivity index (χ1n) is 7.82. The van der Waals surface area contributed by atoms with Gasteiger partial charge in [-0.1, -0.05) is 6.07 Å². The van der Waals surface area contributed by atoms with Crippen LogP contribution in [-0.4, -0.2) is 33.1 Å². The Morgan fingerprint density at radius 1 is 0.889 bits per heavy atom. The molecular weight excluding hydrogens is 463 g/mol. The minimum Gasteiger partial charge on any atom is -0.496 e. The first-order valence-corrected chi connectivity index (χ1v) is 8.90. The highest BCUT2D eigenvalue weighted by Gasteiger charge is 2.09. The molecule has 0 aromatic heterocycles. The number of hydrogen-bond acceptors (Lipinski definition) is 5. The summed E-state index contributed by atoms with van der Waals surface area (Å²) < 4.78 is 16.3. The number of nitrogens with one attached hydrogen (secondary N) is 2. The van der Waals surface area contributed by atoms with Crippen molar-refractivity contribution < 1.29 is 23.8 Å². The van der Waals surface area contributed by atoms with Gasteiger partial charge >= 0.3 is 0 Å². The molecule has 2 aromatic rings. The Balaban J connectivity index is 1.94. The van der Waals surface area contributed by atoms with E-state index in [1.165, 1.54) is 13.2 Å². The van der Waals surface area contributed by atoms with Crippen LogP contribution in [0.2, 0.25) is 0 Å². The van der Waals surface area contributed by atoms with E-state index in [1.54, 1.807) is 56.7 Å². The van der Waals surface area contributed by atoms with Crippen molar-refractivity contribution >= 4 is 40.5 Å². The predicted molar refractivity (Wildman–Crippen MR) is 110 cm³/mol. The standard InChI is InChI=1S/C19H19IN2O5/c1-25-15-8-6-13(11-14(15)20)19(24)22-21-18(23)9-5-12-4-7-16(26-2)17(10-12)27-3/h4-11H,1-3H3,(H,21,23)(H,22,24)/b9-5+. The van der Waals surface area contributed by atoms with Gasteiger partial charge in [0.1, 0.15) is 5.75 Å². The molecular formula is C19H19IN2O5. The molecule has 0 aliphatic heterocycles. The Morgan fingerprint density at radius 2 is 1.56 bits per heavy atom. The molecule has 0 aliphatic rings. The van der Waals surface area contributed by atoms with Gasteiger partial charge in [-0.05, 0) is 64.6 Å². The molecule has 0 bridgehead atoms. The molecule has 0 saturated carbocycles. The molecule has 142 valence electrons. The third-order valence-electron chi connectivity index (χ3n) is 3.55. The van der Waals surface area contributed by atoms with Gasteiger partial charge in [0.15, 0.2) is 11.5 Å². The van der Waals surface area contributed by atoms with Crippen molar-refractivity contribution in [3.8, 4) is 17.2 Å². The smallest absolute Gasteiger partial charge is 0.269 e. The van der Waals surface area contributed by atoms with Gasteiger partial charge in [0.2, 0.25) is 0 Å². The molecule has 2 rings (SSSR count). The van der Waals surface area contributed by atoms with Gasteiger partial charge in [0.25, 0.3) is 11.8 Å². The van der Waals surface area contributed by atoms with E-state index < -0.39 is 11.8 Å². The minimum absolute atomic E-state index is 0.407. The lowest BCUT2D eigenvalue weighted by Gasteiger charge is -2.08. The number of ether oxygens (including phenoxy) is 3. The number of amides is 2. The van der Waals surface area contributed by atoms with Crippen molar-refractivity contribution in [3.63, 3.8) is 0 Å². The van der Waals surface area contributed by atoms with Gasteiger partial charge in [0, 0.05) is 11.6 Å². The quantitative estimate of drug-likeness (QED) is 0.376. The van der Waals surface area contributed by atoms with Crippen LogP contribution < -0.4 is 25.1 Å². The molecule has 0 aliphatic carbocycles. The van der Waals surface area contributed by atoms with E-state index in [0.717, 1.165) is 9.13 Å². The minimum atomic E-state index is -0.471. The summed E-state index contributed by atoms with van der Waals surface area (Å²) in [4.78, 5) is 24.0. The van der Waals surface area contributed by atoms with Crippen LogP contribution in [0.4, 0.5) is 0 Å². The Hall–Kier alpha value is -2.75. The Kier molecular flexibility index (Phi) is 7.47. The molecule has 2 N–H and O–H groups in total. The molecule has 0 atom stereocenters. The molecule has 27 heavy (non-hydrogen) atoms. The molecule has 8 heteroatoms. The number of hydrazine groups is 1. The number of halogens is 1. The highest BCUT2D eigenvalue weighted by atomic mass is 127. The number of methoxy groups -OCH3 is 3. The van der Waals surface area contributed by atoms with E-state index in [-0.39, 0.29) is 0 Å². The Morgan fingerprint density at radius 3 is 2.19 bits per heavy atom. The summed E-state index contributed by atoms with van der Waals surface area (Å²) in [6.07, 6.45) is 2.90. The van der Waals surface area contributed by atoms with Crippen molar-refractivity contribution in [3.05, 3.63) is 57.2 Å². The molecule has 2 aromatic carbocycles. The molecule has 7 nitrogen and oxygen atoms in total. The summed E-state index contributed by atoms with van der Waals surface area (Å²) in [5.74, 6) is 0.932. The van der Waals surface area contributed by atoms with Crippen molar-refractivity contribution in [2.75, 3.05) is 21.3 Å². The number of carbonyl (C=O) groups excluding carboxylic acids is 2. The largest absolute Gasteiger partial charge is 0.496 e. The maximum absolute atomic E-state index is 12.1. The zero-order valence-corrected chi connectivity index (χ0v) is 17.2. The van der Waals surface area contributed by atoms with Crippen LogP contribution >= 0.6 is 22.6 Å². The lowest BCUT2D eigenvalue weighted by molar-refractivity contribution is -0.117. The fourth-order valence-electron chi connectivity index (χ4n) is 2.17. The number of hydrogen-bond donors (Lipinski definition) is 2. The summed E-state index contributed by atoms with van der Waals surface area (Å²) in [5.41, 5.74) is 5.85. The SMILES string of the molecule is COc1ccc(C(=O)NNC(=O)/C=C/c2ccc(OC)c(OC)c2)cc1I. The first kappa shape index (κ1) is 20.6. The summed E-state index contributed by atoms with van der Waals surface area (Å²) in [7, 11) is 4.64. The van der Waals surface area contributed by atoms with E-state index >= 15 is 0 Å². The summed E-state index contributed by atoms with van der Waals surface area (Å²) in [6.45, 7) is 0. The van der Waals surface area contributed by atoms with Gasteiger partial charge in [-0.15, -0.1) is 0 Å². The van der Waals surface area contributed by atoms with E-state index in [9.17, 15) is 9.59 Å². The maximum Gasteiger partial charge on any atom is 0.269 e. The lowest BCUT2D eigenvalue weighted by atomic mass is 10.2. The highest BCUT2D eigenvalue weighted by Crippen LogP contribution is 2.27. The summed E-state index contributed by atoms with van der Waals surface area (Å²) >= 11 is 2.07. The van der Waals surface area contributed by atoms with E-state index in [2.05, 4.69) is 33.4 Å². The van der Waals surface area contributed by atoms with E-state index in [0.29, 0.717) is 22.8 Å². The average Bonchev–Trinajstić information content (AvgIpc) is 2.69. The van der Waals surface area contributed by atoms with Crippen LogP contribution in [-0.2, 0) is 4.79 Å². The molecule has 0 saturated heterocycles. The third-order valence-corrected chi connectivity index (χ3v) is 4.39. The van der Waals surface area contributed by atoms with Gasteiger partial charge in [-0.2, -0.15) is 0 Å². The first-order chi connectivity index (χ1) is 13.0.